The lowest BCUT2D eigenvalue weighted by molar-refractivity contribution is -0.690. The van der Waals surface area contributed by atoms with E-state index in [4.69, 9.17) is 0 Å². The van der Waals surface area contributed by atoms with Crippen LogP contribution in [0, 0.1) is 0 Å². The molecule has 1 aliphatic rings. The molecule has 2 aromatic rings. The maximum atomic E-state index is 12.2. The summed E-state index contributed by atoms with van der Waals surface area (Å²) in [6.07, 6.45) is 5.47. The normalized spacial score (nSPS) is 12.6. The van der Waals surface area contributed by atoms with Crippen molar-refractivity contribution in [3.05, 3.63) is 65.5 Å². The number of benzene rings is 1. The number of carbonyl (C=O) groups is 1. The van der Waals surface area contributed by atoms with Crippen LogP contribution in [0.1, 0.15) is 28.0 Å². The van der Waals surface area contributed by atoms with Crippen molar-refractivity contribution in [2.75, 3.05) is 0 Å². The molecule has 0 bridgehead atoms. The van der Waals surface area contributed by atoms with Gasteiger partial charge in [-0.2, -0.15) is 4.57 Å². The number of halogens is 1. The molecule has 98 valence electrons. The standard InChI is InChI=1S/C16H16NO.BrH/c18-16(14-6-2-1-3-7-14)12-17-11-5-9-13-8-4-10-15(13)17;/h1-3,5-7,9,11H,4,8,10,12H2;1H/q+1;. The van der Waals surface area contributed by atoms with Gasteiger partial charge in [-0.25, -0.2) is 0 Å². The second-order valence-electron chi connectivity index (χ2n) is 4.75. The number of carbonyl (C=O) groups excluding carboxylic acids is 1. The maximum absolute atomic E-state index is 12.2. The van der Waals surface area contributed by atoms with Crippen LogP contribution in [0.3, 0.4) is 0 Å². The van der Waals surface area contributed by atoms with E-state index in [0.29, 0.717) is 6.54 Å². The summed E-state index contributed by atoms with van der Waals surface area (Å²) >= 11 is 0. The number of hydrogen-bond acceptors (Lipinski definition) is 1. The average molecular weight is 319 g/mol. The van der Waals surface area contributed by atoms with Crippen LogP contribution in [0.5, 0.6) is 0 Å². The summed E-state index contributed by atoms with van der Waals surface area (Å²) in [4.78, 5) is 12.2. The molecule has 3 rings (SSSR count). The third kappa shape index (κ3) is 2.92. The van der Waals surface area contributed by atoms with E-state index in [1.165, 1.54) is 17.7 Å². The number of nitrogens with zero attached hydrogens (tertiary/aromatic N) is 1. The number of rotatable bonds is 3. The van der Waals surface area contributed by atoms with Gasteiger partial charge in [0.25, 0.3) is 0 Å². The second kappa shape index (κ2) is 6.11. The third-order valence-corrected chi connectivity index (χ3v) is 3.55. The van der Waals surface area contributed by atoms with E-state index in [1.807, 2.05) is 42.6 Å². The van der Waals surface area contributed by atoms with Gasteiger partial charge >= 0.3 is 0 Å². The Hall–Kier alpha value is -1.48. The van der Waals surface area contributed by atoms with Crippen LogP contribution in [0.25, 0.3) is 0 Å². The fourth-order valence-electron chi connectivity index (χ4n) is 2.63. The number of Topliss-reactive ketones (excluding diaryl/α,β-unsaturated/α-hetero) is 1. The fourth-order valence-corrected chi connectivity index (χ4v) is 2.63. The van der Waals surface area contributed by atoms with Crippen LogP contribution >= 0.6 is 17.0 Å². The third-order valence-electron chi connectivity index (χ3n) is 3.55. The van der Waals surface area contributed by atoms with Crippen molar-refractivity contribution in [2.24, 2.45) is 0 Å². The van der Waals surface area contributed by atoms with Gasteiger partial charge in [0.05, 0.1) is 0 Å². The molecule has 3 heteroatoms. The Labute approximate surface area is 123 Å². The van der Waals surface area contributed by atoms with Gasteiger partial charge in [-0.3, -0.25) is 4.79 Å². The van der Waals surface area contributed by atoms with Gasteiger partial charge in [0.1, 0.15) is 0 Å². The highest BCUT2D eigenvalue weighted by atomic mass is 79.9. The number of ketones is 1. The number of hydrogen-bond donors (Lipinski definition) is 0. The summed E-state index contributed by atoms with van der Waals surface area (Å²) in [6, 6.07) is 13.7. The summed E-state index contributed by atoms with van der Waals surface area (Å²) in [5.41, 5.74) is 3.53. The molecule has 0 fully saturated rings. The lowest BCUT2D eigenvalue weighted by Crippen LogP contribution is -2.41. The van der Waals surface area contributed by atoms with Crippen molar-refractivity contribution >= 4 is 22.8 Å². The SMILES string of the molecule is Br.O=C(C[n+]1cccc2c1CCC2)c1ccccc1. The summed E-state index contributed by atoms with van der Waals surface area (Å²) in [5.74, 6) is 0.181. The molecule has 0 atom stereocenters. The largest absolute Gasteiger partial charge is 0.287 e. The lowest BCUT2D eigenvalue weighted by Gasteiger charge is -2.02. The first-order valence-electron chi connectivity index (χ1n) is 6.43. The van der Waals surface area contributed by atoms with Crippen LogP contribution in [0.15, 0.2) is 48.7 Å². The predicted molar refractivity (Wildman–Crippen MR) is 79.8 cm³/mol. The van der Waals surface area contributed by atoms with E-state index in [9.17, 15) is 4.79 Å². The van der Waals surface area contributed by atoms with Gasteiger partial charge in [0.2, 0.25) is 12.3 Å². The van der Waals surface area contributed by atoms with Crippen molar-refractivity contribution in [3.8, 4) is 0 Å². The molecular formula is C16H17BrNO+. The van der Waals surface area contributed by atoms with Crippen molar-refractivity contribution in [1.29, 1.82) is 0 Å². The fraction of sp³-hybridized carbons (Fsp3) is 0.250. The van der Waals surface area contributed by atoms with E-state index >= 15 is 0 Å². The molecule has 0 radical (unpaired) electrons. The van der Waals surface area contributed by atoms with E-state index < -0.39 is 0 Å². The Bertz CT molecular complexity index is 581. The van der Waals surface area contributed by atoms with Crippen molar-refractivity contribution < 1.29 is 9.36 Å². The zero-order chi connectivity index (χ0) is 12.4. The monoisotopic (exact) mass is 318 g/mol. The van der Waals surface area contributed by atoms with Gasteiger partial charge < -0.3 is 0 Å². The number of aryl methyl sites for hydroxylation is 1. The number of aromatic nitrogens is 1. The predicted octanol–water partition coefficient (Wildman–Crippen LogP) is 2.92. The minimum Gasteiger partial charge on any atom is -0.287 e. The molecule has 0 amide bonds. The zero-order valence-corrected chi connectivity index (χ0v) is 12.4. The highest BCUT2D eigenvalue weighted by Gasteiger charge is 2.23. The Morgan fingerprint density at radius 3 is 2.63 bits per heavy atom. The number of fused-ring (bicyclic) bond motifs is 1. The molecule has 0 N–H and O–H groups in total. The van der Waals surface area contributed by atoms with Crippen LogP contribution < -0.4 is 4.57 Å². The molecule has 0 saturated heterocycles. The number of pyridine rings is 1. The van der Waals surface area contributed by atoms with E-state index in [2.05, 4.69) is 10.6 Å². The molecule has 1 aromatic carbocycles. The van der Waals surface area contributed by atoms with Crippen molar-refractivity contribution in [2.45, 2.75) is 25.8 Å². The summed E-state index contributed by atoms with van der Waals surface area (Å²) < 4.78 is 2.11. The lowest BCUT2D eigenvalue weighted by atomic mass is 10.1. The summed E-state index contributed by atoms with van der Waals surface area (Å²) in [6.45, 7) is 0.452. The summed E-state index contributed by atoms with van der Waals surface area (Å²) in [7, 11) is 0. The zero-order valence-electron chi connectivity index (χ0n) is 10.7. The first-order chi connectivity index (χ1) is 8.84. The Morgan fingerprint density at radius 1 is 1.05 bits per heavy atom. The molecule has 19 heavy (non-hydrogen) atoms. The molecule has 0 aliphatic heterocycles. The topological polar surface area (TPSA) is 20.9 Å². The average Bonchev–Trinajstić information content (AvgIpc) is 2.89. The molecule has 2 nitrogen and oxygen atoms in total. The summed E-state index contributed by atoms with van der Waals surface area (Å²) in [5, 5.41) is 0. The van der Waals surface area contributed by atoms with Gasteiger partial charge in [0.15, 0.2) is 11.9 Å². The van der Waals surface area contributed by atoms with Crippen LogP contribution in [-0.2, 0) is 19.4 Å². The van der Waals surface area contributed by atoms with E-state index in [1.54, 1.807) is 0 Å². The smallest absolute Gasteiger partial charge is 0.227 e. The van der Waals surface area contributed by atoms with Gasteiger partial charge in [-0.05, 0) is 18.9 Å². The minimum atomic E-state index is 0. The molecule has 1 aromatic heterocycles. The molecule has 0 saturated carbocycles. The minimum absolute atomic E-state index is 0. The van der Waals surface area contributed by atoms with E-state index in [0.717, 1.165) is 18.4 Å². The van der Waals surface area contributed by atoms with Crippen molar-refractivity contribution in [1.82, 2.24) is 0 Å². The molecule has 0 spiro atoms. The first-order valence-corrected chi connectivity index (χ1v) is 6.43. The van der Waals surface area contributed by atoms with Gasteiger partial charge in [-0.1, -0.05) is 30.3 Å². The maximum Gasteiger partial charge on any atom is 0.227 e. The Morgan fingerprint density at radius 2 is 1.84 bits per heavy atom. The first kappa shape index (κ1) is 13.9. The second-order valence-corrected chi connectivity index (χ2v) is 4.75. The van der Waals surface area contributed by atoms with Crippen molar-refractivity contribution in [3.63, 3.8) is 0 Å². The molecular weight excluding hydrogens is 302 g/mol. The molecule has 1 heterocycles. The highest BCUT2D eigenvalue weighted by Crippen LogP contribution is 2.17. The van der Waals surface area contributed by atoms with E-state index in [-0.39, 0.29) is 22.8 Å². The Kier molecular flexibility index (Phi) is 4.48. The van der Waals surface area contributed by atoms with Crippen LogP contribution in [-0.4, -0.2) is 5.78 Å². The molecule has 0 unspecified atom stereocenters. The Balaban J connectivity index is 0.00000133. The van der Waals surface area contributed by atoms with Gasteiger partial charge in [-0.15, -0.1) is 17.0 Å². The highest BCUT2D eigenvalue weighted by molar-refractivity contribution is 8.93. The van der Waals surface area contributed by atoms with Gasteiger partial charge in [0, 0.05) is 23.6 Å². The quantitative estimate of drug-likeness (QED) is 0.629. The van der Waals surface area contributed by atoms with Crippen LogP contribution in [0.4, 0.5) is 0 Å². The van der Waals surface area contributed by atoms with Crippen LogP contribution in [0.2, 0.25) is 0 Å². The molecule has 1 aliphatic carbocycles.